The third kappa shape index (κ3) is 23.5. The van der Waals surface area contributed by atoms with Gasteiger partial charge in [0.15, 0.2) is 18.7 Å². The van der Waals surface area contributed by atoms with Gasteiger partial charge < -0.3 is 64.2 Å². The molecular formula is C46H82O15. The molecule has 356 valence electrons. The number of allylic oxidation sites excluding steroid dienone is 4. The molecule has 2 fully saturated rings. The Morgan fingerprint density at radius 3 is 1.51 bits per heavy atom. The van der Waals surface area contributed by atoms with Gasteiger partial charge in [-0.05, 0) is 38.5 Å². The first-order valence-corrected chi connectivity index (χ1v) is 23.4. The van der Waals surface area contributed by atoms with Gasteiger partial charge in [-0.25, -0.2) is 0 Å². The van der Waals surface area contributed by atoms with Gasteiger partial charge in [-0.15, -0.1) is 0 Å². The number of aliphatic hydroxyl groups excluding tert-OH is 7. The van der Waals surface area contributed by atoms with Crippen LogP contribution in [0.3, 0.4) is 0 Å². The molecule has 0 spiro atoms. The SMILES string of the molecule is CCCCCC/C=C/C=C/CCCCCCCC(=O)O[C@H](COC(=O)CCCCCCCCCCCC)CO[C@@H]1O[C@H](CO[C@@H]2O[C@H](CO)[C@H](O)C(O)C2O)[C@H](O)C(O)C1O. The summed E-state index contributed by atoms with van der Waals surface area (Å²) in [4.78, 5) is 25.6. The van der Waals surface area contributed by atoms with Crippen LogP contribution in [-0.2, 0) is 38.0 Å². The lowest BCUT2D eigenvalue weighted by molar-refractivity contribution is -0.332. The van der Waals surface area contributed by atoms with Crippen LogP contribution in [0.1, 0.15) is 162 Å². The van der Waals surface area contributed by atoms with E-state index >= 15 is 0 Å². The molecule has 61 heavy (non-hydrogen) atoms. The van der Waals surface area contributed by atoms with Gasteiger partial charge in [0, 0.05) is 12.8 Å². The molecule has 2 rings (SSSR count). The molecule has 0 amide bonds. The second-order valence-electron chi connectivity index (χ2n) is 16.6. The monoisotopic (exact) mass is 875 g/mol. The molecule has 0 aromatic heterocycles. The smallest absolute Gasteiger partial charge is 0.306 e. The lowest BCUT2D eigenvalue weighted by atomic mass is 9.98. The quantitative estimate of drug-likeness (QED) is 0.0246. The van der Waals surface area contributed by atoms with Crippen molar-refractivity contribution in [2.24, 2.45) is 0 Å². The molecule has 11 atom stereocenters. The number of rotatable bonds is 35. The number of aliphatic hydroxyl groups is 7. The van der Waals surface area contributed by atoms with Gasteiger partial charge in [0.2, 0.25) is 0 Å². The van der Waals surface area contributed by atoms with Crippen LogP contribution in [0.2, 0.25) is 0 Å². The highest BCUT2D eigenvalue weighted by Gasteiger charge is 2.47. The van der Waals surface area contributed by atoms with Gasteiger partial charge in [-0.2, -0.15) is 0 Å². The van der Waals surface area contributed by atoms with Crippen LogP contribution >= 0.6 is 0 Å². The Morgan fingerprint density at radius 2 is 0.967 bits per heavy atom. The van der Waals surface area contributed by atoms with Gasteiger partial charge >= 0.3 is 11.9 Å². The fraction of sp³-hybridized carbons (Fsp3) is 0.870. The second kappa shape index (κ2) is 34.4. The maximum atomic E-state index is 12.9. The average molecular weight is 875 g/mol. The normalized spacial score (nSPS) is 27.5. The molecule has 2 aliphatic rings. The van der Waals surface area contributed by atoms with E-state index in [0.717, 1.165) is 57.8 Å². The van der Waals surface area contributed by atoms with Crippen LogP contribution < -0.4 is 0 Å². The predicted molar refractivity (Wildman–Crippen MR) is 229 cm³/mol. The number of hydrogen-bond acceptors (Lipinski definition) is 15. The summed E-state index contributed by atoms with van der Waals surface area (Å²) >= 11 is 0. The Hall–Kier alpha value is -2.02. The molecule has 0 aliphatic carbocycles. The molecule has 15 nitrogen and oxygen atoms in total. The predicted octanol–water partition coefficient (Wildman–Crippen LogP) is 5.21. The van der Waals surface area contributed by atoms with Gasteiger partial charge in [0.25, 0.3) is 0 Å². The minimum atomic E-state index is -1.76. The molecule has 7 N–H and O–H groups in total. The number of carbonyl (C=O) groups excluding carboxylic acids is 2. The maximum absolute atomic E-state index is 12.9. The van der Waals surface area contributed by atoms with Crippen LogP contribution in [0.5, 0.6) is 0 Å². The molecule has 4 unspecified atom stereocenters. The van der Waals surface area contributed by atoms with Crippen molar-refractivity contribution in [3.63, 3.8) is 0 Å². The molecule has 0 bridgehead atoms. The lowest BCUT2D eigenvalue weighted by Gasteiger charge is -2.42. The Bertz CT molecular complexity index is 1170. The van der Waals surface area contributed by atoms with E-state index in [4.69, 9.17) is 28.4 Å². The van der Waals surface area contributed by atoms with Crippen molar-refractivity contribution in [3.8, 4) is 0 Å². The summed E-state index contributed by atoms with van der Waals surface area (Å²) in [6.07, 6.45) is 15.1. The Labute approximate surface area is 364 Å². The van der Waals surface area contributed by atoms with Crippen molar-refractivity contribution in [2.45, 2.75) is 229 Å². The summed E-state index contributed by atoms with van der Waals surface area (Å²) in [5.74, 6) is -0.943. The summed E-state index contributed by atoms with van der Waals surface area (Å²) in [7, 11) is 0. The molecule has 0 radical (unpaired) electrons. The molecule has 0 saturated carbocycles. The third-order valence-corrected chi connectivity index (χ3v) is 11.2. The fourth-order valence-corrected chi connectivity index (χ4v) is 7.27. The van der Waals surface area contributed by atoms with Crippen molar-refractivity contribution < 1.29 is 73.8 Å². The van der Waals surface area contributed by atoms with Gasteiger partial charge in [0.05, 0.1) is 19.8 Å². The summed E-state index contributed by atoms with van der Waals surface area (Å²) in [5.41, 5.74) is 0. The maximum Gasteiger partial charge on any atom is 0.306 e. The molecule has 0 aromatic rings. The first-order chi connectivity index (χ1) is 29.5. The molecule has 2 saturated heterocycles. The Balaban J connectivity index is 1.86. The zero-order valence-corrected chi connectivity index (χ0v) is 37.1. The van der Waals surface area contributed by atoms with Crippen molar-refractivity contribution in [1.82, 2.24) is 0 Å². The third-order valence-electron chi connectivity index (χ3n) is 11.2. The highest BCUT2D eigenvalue weighted by Crippen LogP contribution is 2.26. The van der Waals surface area contributed by atoms with E-state index in [1.165, 1.54) is 64.2 Å². The van der Waals surface area contributed by atoms with E-state index in [9.17, 15) is 45.3 Å². The van der Waals surface area contributed by atoms with Crippen molar-refractivity contribution in [1.29, 1.82) is 0 Å². The van der Waals surface area contributed by atoms with Gasteiger partial charge in [0.1, 0.15) is 55.4 Å². The number of esters is 2. The molecule has 0 aromatic carbocycles. The summed E-state index contributed by atoms with van der Waals surface area (Å²) < 4.78 is 33.4. The van der Waals surface area contributed by atoms with E-state index in [1.807, 2.05) is 0 Å². The second-order valence-corrected chi connectivity index (χ2v) is 16.6. The van der Waals surface area contributed by atoms with E-state index in [2.05, 4.69) is 38.2 Å². The van der Waals surface area contributed by atoms with E-state index in [0.29, 0.717) is 12.8 Å². The van der Waals surface area contributed by atoms with Crippen molar-refractivity contribution >= 4 is 11.9 Å². The lowest BCUT2D eigenvalue weighted by Crippen LogP contribution is -2.61. The van der Waals surface area contributed by atoms with Gasteiger partial charge in [-0.3, -0.25) is 9.59 Å². The minimum absolute atomic E-state index is 0.150. The highest BCUT2D eigenvalue weighted by molar-refractivity contribution is 5.70. The van der Waals surface area contributed by atoms with Crippen LogP contribution in [0.25, 0.3) is 0 Å². The summed E-state index contributed by atoms with van der Waals surface area (Å²) in [6, 6.07) is 0. The van der Waals surface area contributed by atoms with Crippen LogP contribution in [0, 0.1) is 0 Å². The largest absolute Gasteiger partial charge is 0.462 e. The van der Waals surface area contributed by atoms with Crippen molar-refractivity contribution in [3.05, 3.63) is 24.3 Å². The topological polar surface area (TPSA) is 231 Å². The Morgan fingerprint density at radius 1 is 0.525 bits per heavy atom. The van der Waals surface area contributed by atoms with Crippen LogP contribution in [0.15, 0.2) is 24.3 Å². The zero-order valence-electron chi connectivity index (χ0n) is 37.1. The number of carbonyl (C=O) groups is 2. The highest BCUT2D eigenvalue weighted by atomic mass is 16.7. The number of hydrogen-bond donors (Lipinski definition) is 7. The van der Waals surface area contributed by atoms with Crippen molar-refractivity contribution in [2.75, 3.05) is 26.4 Å². The van der Waals surface area contributed by atoms with E-state index in [-0.39, 0.29) is 26.1 Å². The first-order valence-electron chi connectivity index (χ1n) is 23.4. The van der Waals surface area contributed by atoms with Crippen LogP contribution in [0.4, 0.5) is 0 Å². The molecular weight excluding hydrogens is 792 g/mol. The van der Waals surface area contributed by atoms with Crippen LogP contribution in [-0.4, -0.2) is 142 Å². The standard InChI is InChI=1S/C46H82O15/c1-3-5-7-9-11-13-15-16-17-18-19-21-23-25-27-29-38(49)59-34(31-56-37(48)28-26-24-22-20-14-12-10-8-6-4-2)32-57-45-44(55)42(53)40(51)36(61-45)33-58-46-43(54)41(52)39(50)35(30-47)60-46/h13,15-17,34-36,39-47,50-55H,3-12,14,18-33H2,1-2H3/b15-13+,17-16+/t34-,35-,36-,39+,40+,41?,42?,43?,44?,45-,46-/m1/s1. The zero-order chi connectivity index (χ0) is 44.7. The minimum Gasteiger partial charge on any atom is -0.462 e. The Kier molecular flexibility index (Phi) is 31.1. The molecule has 2 aliphatic heterocycles. The number of unbranched alkanes of at least 4 members (excludes halogenated alkanes) is 18. The fourth-order valence-electron chi connectivity index (χ4n) is 7.27. The van der Waals surface area contributed by atoms with E-state index in [1.54, 1.807) is 0 Å². The van der Waals surface area contributed by atoms with Gasteiger partial charge in [-0.1, -0.05) is 134 Å². The molecule has 2 heterocycles. The van der Waals surface area contributed by atoms with E-state index < -0.39 is 92.7 Å². The average Bonchev–Trinajstić information content (AvgIpc) is 3.25. The summed E-state index contributed by atoms with van der Waals surface area (Å²) in [6.45, 7) is 2.52. The summed E-state index contributed by atoms with van der Waals surface area (Å²) in [5, 5.41) is 71.8. The number of ether oxygens (including phenoxy) is 6. The molecule has 15 heteroatoms. The first kappa shape index (κ1) is 55.1.